The fraction of sp³-hybridized carbons (Fsp3) is 0.400. The summed E-state index contributed by atoms with van der Waals surface area (Å²) in [6.45, 7) is 0.796. The third kappa shape index (κ3) is 5.68. The van der Waals surface area contributed by atoms with E-state index in [1.807, 2.05) is 24.3 Å². The number of hydrogen-bond donors (Lipinski definition) is 2. The van der Waals surface area contributed by atoms with Crippen LogP contribution in [0, 0.1) is 5.92 Å². The minimum atomic E-state index is -0.558. The quantitative estimate of drug-likeness (QED) is 0.598. The zero-order valence-electron chi connectivity index (χ0n) is 18.3. The molecule has 1 saturated heterocycles. The van der Waals surface area contributed by atoms with Crippen molar-refractivity contribution in [1.29, 1.82) is 0 Å². The molecule has 0 aromatic heterocycles. The summed E-state index contributed by atoms with van der Waals surface area (Å²) in [7, 11) is 0. The molecule has 4 rings (SSSR count). The first-order valence-corrected chi connectivity index (χ1v) is 12.1. The lowest BCUT2D eigenvalue weighted by atomic mass is 10.1. The predicted molar refractivity (Wildman–Crippen MR) is 129 cm³/mol. The van der Waals surface area contributed by atoms with Gasteiger partial charge in [0.15, 0.2) is 0 Å². The molecule has 8 heteroatoms. The second-order valence-electron chi connectivity index (χ2n) is 8.67. The number of likely N-dealkylation sites (tertiary alicyclic amines) is 1. The molecular weight excluding hydrogens is 461 g/mol. The maximum atomic E-state index is 13.0. The van der Waals surface area contributed by atoms with Gasteiger partial charge in [-0.2, -0.15) is 0 Å². The Bertz CT molecular complexity index is 1050. The van der Waals surface area contributed by atoms with Crippen molar-refractivity contribution in [3.8, 4) is 0 Å². The summed E-state index contributed by atoms with van der Waals surface area (Å²) in [6.07, 6.45) is 5.43. The second-order valence-corrected chi connectivity index (χ2v) is 9.51. The van der Waals surface area contributed by atoms with Gasteiger partial charge in [-0.1, -0.05) is 48.2 Å². The largest absolute Gasteiger partial charge is 0.350 e. The molecule has 2 aromatic rings. The highest BCUT2D eigenvalue weighted by atomic mass is 35.5. The zero-order chi connectivity index (χ0) is 23.4. The number of rotatable bonds is 6. The van der Waals surface area contributed by atoms with E-state index in [9.17, 15) is 14.4 Å². The van der Waals surface area contributed by atoms with Crippen molar-refractivity contribution in [3.63, 3.8) is 0 Å². The number of anilines is 1. The Labute approximate surface area is 203 Å². The number of benzene rings is 2. The van der Waals surface area contributed by atoms with Crippen molar-refractivity contribution >= 4 is 46.6 Å². The number of carbonyl (C=O) groups is 3. The van der Waals surface area contributed by atoms with E-state index in [0.717, 1.165) is 43.4 Å². The molecule has 0 radical (unpaired) electrons. The lowest BCUT2D eigenvalue weighted by Gasteiger charge is -2.24. The lowest BCUT2D eigenvalue weighted by molar-refractivity contribution is -0.125. The molecule has 2 aromatic carbocycles. The monoisotopic (exact) mass is 487 g/mol. The smallest absolute Gasteiger partial charge is 0.256 e. The van der Waals surface area contributed by atoms with Crippen molar-refractivity contribution < 1.29 is 14.4 Å². The number of halogens is 2. The first-order valence-electron chi connectivity index (χ1n) is 11.4. The Kier molecular flexibility index (Phi) is 7.56. The van der Waals surface area contributed by atoms with Crippen LogP contribution in [-0.2, 0) is 16.1 Å². The van der Waals surface area contributed by atoms with Crippen LogP contribution >= 0.6 is 23.2 Å². The van der Waals surface area contributed by atoms with Gasteiger partial charge in [-0.15, -0.1) is 0 Å². The third-order valence-corrected chi connectivity index (χ3v) is 6.93. The van der Waals surface area contributed by atoms with Crippen LogP contribution in [0.3, 0.4) is 0 Å². The molecule has 2 N–H and O–H groups in total. The molecular formula is C25H27Cl2N3O3. The molecule has 33 heavy (non-hydrogen) atoms. The average molecular weight is 488 g/mol. The van der Waals surface area contributed by atoms with Crippen LogP contribution in [0.25, 0.3) is 0 Å². The van der Waals surface area contributed by atoms with Gasteiger partial charge in [0.2, 0.25) is 11.8 Å². The average Bonchev–Trinajstić information content (AvgIpc) is 3.51. The zero-order valence-corrected chi connectivity index (χ0v) is 19.8. The number of hydrogen-bond acceptors (Lipinski definition) is 3. The molecule has 1 aliphatic carbocycles. The van der Waals surface area contributed by atoms with Crippen LogP contribution in [0.2, 0.25) is 10.0 Å². The molecule has 1 heterocycles. The van der Waals surface area contributed by atoms with Gasteiger partial charge < -0.3 is 15.5 Å². The molecule has 174 valence electrons. The SMILES string of the molecule is O=C(Nc1cccc(CNC(=O)C2CCCN2C(=O)c2cc(Cl)ccc2Cl)c1)C1CCCC1. The van der Waals surface area contributed by atoms with Crippen molar-refractivity contribution in [2.45, 2.75) is 51.1 Å². The number of nitrogens with zero attached hydrogens (tertiary/aromatic N) is 1. The topological polar surface area (TPSA) is 78.5 Å². The van der Waals surface area contributed by atoms with Crippen LogP contribution in [0.4, 0.5) is 5.69 Å². The molecule has 2 fully saturated rings. The van der Waals surface area contributed by atoms with Gasteiger partial charge in [0.25, 0.3) is 5.91 Å². The molecule has 1 aliphatic heterocycles. The van der Waals surface area contributed by atoms with E-state index < -0.39 is 6.04 Å². The Morgan fingerprint density at radius 1 is 0.939 bits per heavy atom. The lowest BCUT2D eigenvalue weighted by Crippen LogP contribution is -2.45. The normalized spacial score (nSPS) is 18.4. The number of nitrogens with one attached hydrogen (secondary N) is 2. The van der Waals surface area contributed by atoms with E-state index in [1.165, 1.54) is 6.07 Å². The van der Waals surface area contributed by atoms with Gasteiger partial charge in [-0.25, -0.2) is 0 Å². The van der Waals surface area contributed by atoms with Gasteiger partial charge in [-0.3, -0.25) is 14.4 Å². The third-order valence-electron chi connectivity index (χ3n) is 6.36. The molecule has 1 atom stereocenters. The highest BCUT2D eigenvalue weighted by molar-refractivity contribution is 6.35. The van der Waals surface area contributed by atoms with Crippen LogP contribution < -0.4 is 10.6 Å². The molecule has 3 amide bonds. The highest BCUT2D eigenvalue weighted by Crippen LogP contribution is 2.27. The van der Waals surface area contributed by atoms with Crippen LogP contribution in [0.5, 0.6) is 0 Å². The second kappa shape index (κ2) is 10.6. The summed E-state index contributed by atoms with van der Waals surface area (Å²) >= 11 is 12.2. The summed E-state index contributed by atoms with van der Waals surface area (Å²) in [5.41, 5.74) is 1.91. The van der Waals surface area contributed by atoms with E-state index in [2.05, 4.69) is 10.6 Å². The van der Waals surface area contributed by atoms with E-state index in [0.29, 0.717) is 35.1 Å². The Balaban J connectivity index is 1.36. The molecule has 6 nitrogen and oxygen atoms in total. The first kappa shape index (κ1) is 23.6. The fourth-order valence-electron chi connectivity index (χ4n) is 4.60. The summed E-state index contributed by atoms with van der Waals surface area (Å²) < 4.78 is 0. The molecule has 0 bridgehead atoms. The Morgan fingerprint density at radius 3 is 2.52 bits per heavy atom. The summed E-state index contributed by atoms with van der Waals surface area (Å²) in [6, 6.07) is 11.7. The van der Waals surface area contributed by atoms with Gasteiger partial charge >= 0.3 is 0 Å². The molecule has 1 unspecified atom stereocenters. The Hall–Kier alpha value is -2.57. The Morgan fingerprint density at radius 2 is 1.73 bits per heavy atom. The number of carbonyl (C=O) groups excluding carboxylic acids is 3. The van der Waals surface area contributed by atoms with Crippen molar-refractivity contribution in [2.24, 2.45) is 5.92 Å². The fourth-order valence-corrected chi connectivity index (χ4v) is 4.97. The van der Waals surface area contributed by atoms with Crippen molar-refractivity contribution in [1.82, 2.24) is 10.2 Å². The molecule has 1 saturated carbocycles. The molecule has 2 aliphatic rings. The summed E-state index contributed by atoms with van der Waals surface area (Å²) in [4.78, 5) is 39.9. The van der Waals surface area contributed by atoms with Crippen LogP contribution in [-0.4, -0.2) is 35.2 Å². The van der Waals surface area contributed by atoms with Gasteiger partial charge in [0.1, 0.15) is 6.04 Å². The molecule has 0 spiro atoms. The van der Waals surface area contributed by atoms with E-state index in [-0.39, 0.29) is 23.6 Å². The summed E-state index contributed by atoms with van der Waals surface area (Å²) in [5, 5.41) is 6.65. The minimum Gasteiger partial charge on any atom is -0.350 e. The van der Waals surface area contributed by atoms with E-state index >= 15 is 0 Å². The maximum Gasteiger partial charge on any atom is 0.256 e. The van der Waals surface area contributed by atoms with Crippen molar-refractivity contribution in [3.05, 3.63) is 63.6 Å². The van der Waals surface area contributed by atoms with Gasteiger partial charge in [-0.05, 0) is 61.6 Å². The predicted octanol–water partition coefficient (Wildman–Crippen LogP) is 5.04. The minimum absolute atomic E-state index is 0.0634. The summed E-state index contributed by atoms with van der Waals surface area (Å²) in [5.74, 6) is -0.350. The van der Waals surface area contributed by atoms with Crippen LogP contribution in [0.1, 0.15) is 54.4 Å². The van der Waals surface area contributed by atoms with E-state index in [1.54, 1.807) is 17.0 Å². The maximum absolute atomic E-state index is 13.0. The van der Waals surface area contributed by atoms with Crippen molar-refractivity contribution in [2.75, 3.05) is 11.9 Å². The van der Waals surface area contributed by atoms with E-state index in [4.69, 9.17) is 23.2 Å². The van der Waals surface area contributed by atoms with Crippen LogP contribution in [0.15, 0.2) is 42.5 Å². The van der Waals surface area contributed by atoms with Gasteiger partial charge in [0, 0.05) is 29.7 Å². The van der Waals surface area contributed by atoms with Gasteiger partial charge in [0.05, 0.1) is 10.6 Å². The standard InChI is InChI=1S/C25H27Cl2N3O3/c26-18-10-11-21(27)20(14-18)25(33)30-12-4-9-22(30)24(32)28-15-16-5-3-8-19(13-16)29-23(31)17-6-1-2-7-17/h3,5,8,10-11,13-14,17,22H,1-2,4,6-7,9,12,15H2,(H,28,32)(H,29,31). The highest BCUT2D eigenvalue weighted by Gasteiger charge is 2.35. The number of amides is 3. The first-order chi connectivity index (χ1) is 15.9.